The number of sulfonamides is 1. The first-order valence-electron chi connectivity index (χ1n) is 7.32. The number of benzene rings is 1. The summed E-state index contributed by atoms with van der Waals surface area (Å²) in [5.74, 6) is -0.850. The minimum Gasteiger partial charge on any atom is -0.466 e. The Kier molecular flexibility index (Phi) is 5.83. The average molecular weight is 346 g/mol. The summed E-state index contributed by atoms with van der Waals surface area (Å²) in [4.78, 5) is 11.8. The molecule has 0 aromatic heterocycles. The molecule has 7 heteroatoms. The highest BCUT2D eigenvalue weighted by atomic mass is 35.5. The van der Waals surface area contributed by atoms with E-state index in [-0.39, 0.29) is 24.2 Å². The van der Waals surface area contributed by atoms with E-state index in [1.165, 1.54) is 4.31 Å². The molecule has 0 spiro atoms. The molecule has 1 saturated heterocycles. The first kappa shape index (κ1) is 17.2. The molecular formula is C15H20ClNO4S. The summed E-state index contributed by atoms with van der Waals surface area (Å²) >= 11 is 6.03. The summed E-state index contributed by atoms with van der Waals surface area (Å²) in [6, 6.07) is 6.89. The summed E-state index contributed by atoms with van der Waals surface area (Å²) in [5.41, 5.74) is 0.572. The van der Waals surface area contributed by atoms with Crippen molar-refractivity contribution in [1.82, 2.24) is 4.31 Å². The largest absolute Gasteiger partial charge is 0.466 e. The maximum Gasteiger partial charge on any atom is 0.310 e. The van der Waals surface area contributed by atoms with Crippen molar-refractivity contribution in [2.24, 2.45) is 5.92 Å². The molecule has 0 unspecified atom stereocenters. The third kappa shape index (κ3) is 4.21. The number of hydrogen-bond acceptors (Lipinski definition) is 4. The Hall–Kier alpha value is -1.11. The number of rotatable bonds is 5. The van der Waals surface area contributed by atoms with Crippen LogP contribution in [-0.2, 0) is 25.3 Å². The van der Waals surface area contributed by atoms with Gasteiger partial charge < -0.3 is 4.74 Å². The zero-order valence-corrected chi connectivity index (χ0v) is 14.1. The molecule has 0 bridgehead atoms. The van der Waals surface area contributed by atoms with Crippen LogP contribution in [0.5, 0.6) is 0 Å². The first-order valence-corrected chi connectivity index (χ1v) is 9.30. The van der Waals surface area contributed by atoms with Gasteiger partial charge in [0, 0.05) is 18.1 Å². The van der Waals surface area contributed by atoms with Gasteiger partial charge in [0.05, 0.1) is 18.3 Å². The summed E-state index contributed by atoms with van der Waals surface area (Å²) in [6.45, 7) is 2.67. The molecule has 1 aliphatic rings. The van der Waals surface area contributed by atoms with E-state index in [1.807, 2.05) is 0 Å². The fraction of sp³-hybridized carbons (Fsp3) is 0.533. The number of esters is 1. The van der Waals surface area contributed by atoms with Crippen LogP contribution in [0, 0.1) is 5.92 Å². The zero-order valence-electron chi connectivity index (χ0n) is 12.5. The maximum absolute atomic E-state index is 12.5. The molecule has 5 nitrogen and oxygen atoms in total. The van der Waals surface area contributed by atoms with Gasteiger partial charge >= 0.3 is 5.97 Å². The van der Waals surface area contributed by atoms with Gasteiger partial charge in [-0.15, -0.1) is 0 Å². The van der Waals surface area contributed by atoms with Gasteiger partial charge in [-0.05, 0) is 31.4 Å². The van der Waals surface area contributed by atoms with Crippen molar-refractivity contribution in [3.8, 4) is 0 Å². The zero-order chi connectivity index (χ0) is 16.2. The van der Waals surface area contributed by atoms with Gasteiger partial charge in [-0.3, -0.25) is 4.79 Å². The Morgan fingerprint density at radius 1 is 1.41 bits per heavy atom. The second kappa shape index (κ2) is 7.44. The van der Waals surface area contributed by atoms with Crippen LogP contribution < -0.4 is 0 Å². The van der Waals surface area contributed by atoms with Gasteiger partial charge in [-0.2, -0.15) is 0 Å². The van der Waals surface area contributed by atoms with Crippen LogP contribution in [0.3, 0.4) is 0 Å². The molecule has 0 radical (unpaired) electrons. The topological polar surface area (TPSA) is 63.7 Å². The van der Waals surface area contributed by atoms with Gasteiger partial charge in [0.2, 0.25) is 10.0 Å². The first-order chi connectivity index (χ1) is 10.4. The van der Waals surface area contributed by atoms with Gasteiger partial charge in [-0.25, -0.2) is 12.7 Å². The summed E-state index contributed by atoms with van der Waals surface area (Å²) in [5, 5.41) is 0.435. The van der Waals surface area contributed by atoms with Crippen molar-refractivity contribution < 1.29 is 17.9 Å². The third-order valence-electron chi connectivity index (χ3n) is 3.69. The van der Waals surface area contributed by atoms with Gasteiger partial charge in [0.25, 0.3) is 0 Å². The number of hydrogen-bond donors (Lipinski definition) is 0. The standard InChI is InChI=1S/C15H20ClNO4S/c1-2-21-15(18)12-7-5-9-17(10-12)22(19,20)11-13-6-3-4-8-14(13)16/h3-4,6,8,12H,2,5,7,9-11H2,1H3/t12-/m0/s1. The molecule has 0 saturated carbocycles. The summed E-state index contributed by atoms with van der Waals surface area (Å²) < 4.78 is 31.5. The lowest BCUT2D eigenvalue weighted by atomic mass is 10.0. The van der Waals surface area contributed by atoms with Crippen LogP contribution >= 0.6 is 11.6 Å². The van der Waals surface area contributed by atoms with E-state index in [1.54, 1.807) is 31.2 Å². The molecule has 0 amide bonds. The number of carbonyl (C=O) groups excluding carboxylic acids is 1. The minimum atomic E-state index is -3.50. The molecular weight excluding hydrogens is 326 g/mol. The van der Waals surface area contributed by atoms with Crippen LogP contribution in [0.4, 0.5) is 0 Å². The molecule has 1 aromatic rings. The molecule has 1 aromatic carbocycles. The van der Waals surface area contributed by atoms with Crippen LogP contribution in [0.1, 0.15) is 25.3 Å². The number of nitrogens with zero attached hydrogens (tertiary/aromatic N) is 1. The Morgan fingerprint density at radius 2 is 2.14 bits per heavy atom. The third-order valence-corrected chi connectivity index (χ3v) is 5.86. The molecule has 1 fully saturated rings. The van der Waals surface area contributed by atoms with E-state index in [9.17, 15) is 13.2 Å². The van der Waals surface area contributed by atoms with E-state index in [0.29, 0.717) is 36.6 Å². The second-order valence-electron chi connectivity index (χ2n) is 5.30. The van der Waals surface area contributed by atoms with Crippen LogP contribution in [0.2, 0.25) is 5.02 Å². The monoisotopic (exact) mass is 345 g/mol. The SMILES string of the molecule is CCOC(=O)[C@H]1CCCN(S(=O)(=O)Cc2ccccc2Cl)C1. The van der Waals surface area contributed by atoms with Crippen molar-refractivity contribution >= 4 is 27.6 Å². The molecule has 1 atom stereocenters. The Balaban J connectivity index is 2.09. The van der Waals surface area contributed by atoms with Gasteiger partial charge in [0.15, 0.2) is 0 Å². The highest BCUT2D eigenvalue weighted by molar-refractivity contribution is 7.88. The number of carbonyl (C=O) groups is 1. The number of halogens is 1. The van der Waals surface area contributed by atoms with E-state index in [0.717, 1.165) is 0 Å². The van der Waals surface area contributed by atoms with E-state index < -0.39 is 10.0 Å². The normalized spacial score (nSPS) is 19.8. The lowest BCUT2D eigenvalue weighted by Crippen LogP contribution is -2.43. The molecule has 22 heavy (non-hydrogen) atoms. The molecule has 0 N–H and O–H groups in total. The molecule has 2 rings (SSSR count). The van der Waals surface area contributed by atoms with Crippen molar-refractivity contribution in [2.75, 3.05) is 19.7 Å². The molecule has 1 aliphatic heterocycles. The quantitative estimate of drug-likeness (QED) is 0.769. The molecule has 0 aliphatic carbocycles. The van der Waals surface area contributed by atoms with Crippen LogP contribution in [0.15, 0.2) is 24.3 Å². The van der Waals surface area contributed by atoms with Crippen molar-refractivity contribution in [2.45, 2.75) is 25.5 Å². The van der Waals surface area contributed by atoms with Crippen molar-refractivity contribution in [1.29, 1.82) is 0 Å². The lowest BCUT2D eigenvalue weighted by molar-refractivity contribution is -0.149. The Bertz CT molecular complexity index is 632. The predicted molar refractivity (Wildman–Crippen MR) is 85.0 cm³/mol. The average Bonchev–Trinajstić information content (AvgIpc) is 2.50. The van der Waals surface area contributed by atoms with Crippen LogP contribution in [-0.4, -0.2) is 38.4 Å². The Labute approximate surface area is 136 Å². The fourth-order valence-electron chi connectivity index (χ4n) is 2.55. The fourth-order valence-corrected chi connectivity index (χ4v) is 4.47. The van der Waals surface area contributed by atoms with Crippen LogP contribution in [0.25, 0.3) is 0 Å². The van der Waals surface area contributed by atoms with E-state index in [2.05, 4.69) is 0 Å². The predicted octanol–water partition coefficient (Wildman–Crippen LogP) is 2.44. The van der Waals surface area contributed by atoms with Gasteiger partial charge in [-0.1, -0.05) is 29.8 Å². The van der Waals surface area contributed by atoms with Gasteiger partial charge in [0.1, 0.15) is 0 Å². The maximum atomic E-state index is 12.5. The second-order valence-corrected chi connectivity index (χ2v) is 7.67. The lowest BCUT2D eigenvalue weighted by Gasteiger charge is -2.30. The summed E-state index contributed by atoms with van der Waals surface area (Å²) in [7, 11) is -3.50. The highest BCUT2D eigenvalue weighted by Crippen LogP contribution is 2.24. The number of ether oxygens (including phenoxy) is 1. The smallest absolute Gasteiger partial charge is 0.310 e. The highest BCUT2D eigenvalue weighted by Gasteiger charge is 2.33. The molecule has 122 valence electrons. The van der Waals surface area contributed by atoms with Crippen molar-refractivity contribution in [3.05, 3.63) is 34.9 Å². The molecule has 1 heterocycles. The minimum absolute atomic E-state index is 0.151. The van der Waals surface area contributed by atoms with E-state index >= 15 is 0 Å². The van der Waals surface area contributed by atoms with E-state index in [4.69, 9.17) is 16.3 Å². The summed E-state index contributed by atoms with van der Waals surface area (Å²) in [6.07, 6.45) is 1.32. The number of piperidine rings is 1. The van der Waals surface area contributed by atoms with Crippen molar-refractivity contribution in [3.63, 3.8) is 0 Å². The Morgan fingerprint density at radius 3 is 2.82 bits per heavy atom.